The lowest BCUT2D eigenvalue weighted by Crippen LogP contribution is -2.27. The van der Waals surface area contributed by atoms with Crippen LogP contribution in [-0.4, -0.2) is 29.3 Å². The second kappa shape index (κ2) is 9.90. The van der Waals surface area contributed by atoms with Gasteiger partial charge in [-0.15, -0.1) is 0 Å². The summed E-state index contributed by atoms with van der Waals surface area (Å²) >= 11 is 10.3. The minimum absolute atomic E-state index is 0.0328. The Kier molecular flexibility index (Phi) is 7.50. The number of carbonyl (C=O) groups is 2. The Bertz CT molecular complexity index is 993. The molecule has 0 saturated carbocycles. The lowest BCUT2D eigenvalue weighted by molar-refractivity contribution is -0.123. The molecule has 8 heteroatoms. The summed E-state index contributed by atoms with van der Waals surface area (Å²) in [4.78, 5) is 26.8. The van der Waals surface area contributed by atoms with Gasteiger partial charge in [-0.1, -0.05) is 30.7 Å². The molecule has 1 saturated heterocycles. The van der Waals surface area contributed by atoms with Crippen molar-refractivity contribution < 1.29 is 19.1 Å². The standard InChI is InChI=1S/C22H21BrClNO4S/c1-4-13(2)29-20-17(23)9-15(10-18(20)28-3)11-19-21(26)25(22(27)30-19)12-14-5-7-16(24)8-6-14/h5-11,13H,4,12H2,1-3H3/b19-11+/t13-/m0/s1. The fraction of sp³-hybridized carbons (Fsp3) is 0.273. The van der Waals surface area contributed by atoms with E-state index in [4.69, 9.17) is 21.1 Å². The number of rotatable bonds is 7. The average molecular weight is 511 g/mol. The average Bonchev–Trinajstić information content (AvgIpc) is 2.98. The van der Waals surface area contributed by atoms with Crippen LogP contribution >= 0.6 is 39.3 Å². The maximum absolute atomic E-state index is 12.8. The molecular weight excluding hydrogens is 490 g/mol. The number of nitrogens with zero attached hydrogens (tertiary/aromatic N) is 1. The van der Waals surface area contributed by atoms with Crippen molar-refractivity contribution in [3.63, 3.8) is 0 Å². The van der Waals surface area contributed by atoms with Crippen molar-refractivity contribution in [2.24, 2.45) is 0 Å². The van der Waals surface area contributed by atoms with Crippen LogP contribution in [0.2, 0.25) is 5.02 Å². The normalized spacial score (nSPS) is 16.3. The summed E-state index contributed by atoms with van der Waals surface area (Å²) in [6.45, 7) is 4.23. The predicted octanol–water partition coefficient (Wildman–Crippen LogP) is 6.52. The zero-order chi connectivity index (χ0) is 21.8. The van der Waals surface area contributed by atoms with E-state index in [2.05, 4.69) is 15.9 Å². The molecule has 1 aliphatic heterocycles. The van der Waals surface area contributed by atoms with E-state index in [-0.39, 0.29) is 23.8 Å². The number of ether oxygens (including phenoxy) is 2. The van der Waals surface area contributed by atoms with Crippen LogP contribution in [0.1, 0.15) is 31.4 Å². The monoisotopic (exact) mass is 509 g/mol. The third-order valence-corrected chi connectivity index (χ3v) is 6.32. The van der Waals surface area contributed by atoms with Gasteiger partial charge in [0.1, 0.15) is 0 Å². The van der Waals surface area contributed by atoms with Gasteiger partial charge in [-0.05, 0) is 82.5 Å². The summed E-state index contributed by atoms with van der Waals surface area (Å²) in [7, 11) is 1.56. The number of imide groups is 1. The molecule has 0 radical (unpaired) electrons. The Morgan fingerprint density at radius 3 is 2.57 bits per heavy atom. The molecule has 0 spiro atoms. The molecule has 1 fully saturated rings. The molecule has 0 bridgehead atoms. The first kappa shape index (κ1) is 22.7. The van der Waals surface area contributed by atoms with Gasteiger partial charge >= 0.3 is 0 Å². The van der Waals surface area contributed by atoms with E-state index in [0.717, 1.165) is 29.3 Å². The molecule has 1 aliphatic rings. The molecule has 2 aromatic rings. The summed E-state index contributed by atoms with van der Waals surface area (Å²) in [5.74, 6) is 0.839. The van der Waals surface area contributed by atoms with E-state index in [1.165, 1.54) is 4.90 Å². The second-order valence-electron chi connectivity index (χ2n) is 6.77. The van der Waals surface area contributed by atoms with Crippen molar-refractivity contribution >= 4 is 56.5 Å². The van der Waals surface area contributed by atoms with E-state index in [9.17, 15) is 9.59 Å². The van der Waals surface area contributed by atoms with Gasteiger partial charge in [-0.2, -0.15) is 0 Å². The van der Waals surface area contributed by atoms with Gasteiger partial charge in [0.05, 0.1) is 29.1 Å². The Hall–Kier alpha value is -1.96. The van der Waals surface area contributed by atoms with Crippen LogP contribution in [0.15, 0.2) is 45.8 Å². The van der Waals surface area contributed by atoms with Gasteiger partial charge in [0.15, 0.2) is 11.5 Å². The van der Waals surface area contributed by atoms with Crippen LogP contribution in [0.25, 0.3) is 6.08 Å². The van der Waals surface area contributed by atoms with Gasteiger partial charge in [0, 0.05) is 5.02 Å². The number of halogens is 2. The lowest BCUT2D eigenvalue weighted by atomic mass is 10.1. The summed E-state index contributed by atoms with van der Waals surface area (Å²) < 4.78 is 12.1. The molecule has 5 nitrogen and oxygen atoms in total. The van der Waals surface area contributed by atoms with E-state index in [0.29, 0.717) is 25.9 Å². The second-order valence-corrected chi connectivity index (χ2v) is 9.05. The van der Waals surface area contributed by atoms with Gasteiger partial charge in [0.25, 0.3) is 11.1 Å². The molecule has 0 aliphatic carbocycles. The molecule has 3 rings (SSSR count). The van der Waals surface area contributed by atoms with E-state index >= 15 is 0 Å². The summed E-state index contributed by atoms with van der Waals surface area (Å²) in [5, 5.41) is 0.303. The predicted molar refractivity (Wildman–Crippen MR) is 124 cm³/mol. The largest absolute Gasteiger partial charge is 0.493 e. The SMILES string of the molecule is CC[C@H](C)Oc1c(Br)cc(/C=C2/SC(=O)N(Cc3ccc(Cl)cc3)C2=O)cc1OC. The quantitative estimate of drug-likeness (QED) is 0.397. The minimum Gasteiger partial charge on any atom is -0.493 e. The van der Waals surface area contributed by atoms with E-state index in [1.807, 2.05) is 19.9 Å². The lowest BCUT2D eigenvalue weighted by Gasteiger charge is -2.17. The molecule has 1 heterocycles. The molecule has 2 amide bonds. The van der Waals surface area contributed by atoms with Crippen LogP contribution in [0, 0.1) is 0 Å². The van der Waals surface area contributed by atoms with Crippen molar-refractivity contribution in [3.8, 4) is 11.5 Å². The maximum atomic E-state index is 12.8. The molecule has 0 N–H and O–H groups in total. The Morgan fingerprint density at radius 1 is 1.23 bits per heavy atom. The van der Waals surface area contributed by atoms with Crippen molar-refractivity contribution in [1.82, 2.24) is 4.90 Å². The number of carbonyl (C=O) groups excluding carboxylic acids is 2. The Morgan fingerprint density at radius 2 is 1.93 bits per heavy atom. The molecule has 0 unspecified atom stereocenters. The van der Waals surface area contributed by atoms with Crippen molar-refractivity contribution in [2.75, 3.05) is 7.11 Å². The van der Waals surface area contributed by atoms with Crippen LogP contribution in [-0.2, 0) is 11.3 Å². The smallest absolute Gasteiger partial charge is 0.293 e. The number of hydrogen-bond acceptors (Lipinski definition) is 5. The third-order valence-electron chi connectivity index (χ3n) is 4.57. The Labute approximate surface area is 193 Å². The van der Waals surface area contributed by atoms with Gasteiger partial charge in [-0.3, -0.25) is 14.5 Å². The number of thioether (sulfide) groups is 1. The highest BCUT2D eigenvalue weighted by Gasteiger charge is 2.35. The van der Waals surface area contributed by atoms with E-state index in [1.54, 1.807) is 43.5 Å². The topological polar surface area (TPSA) is 55.8 Å². The molecule has 158 valence electrons. The number of hydrogen-bond donors (Lipinski definition) is 0. The van der Waals surface area contributed by atoms with Gasteiger partial charge in [0.2, 0.25) is 0 Å². The van der Waals surface area contributed by atoms with Crippen molar-refractivity contribution in [3.05, 3.63) is 61.9 Å². The van der Waals surface area contributed by atoms with Crippen LogP contribution < -0.4 is 9.47 Å². The highest BCUT2D eigenvalue weighted by Crippen LogP contribution is 2.40. The van der Waals surface area contributed by atoms with Gasteiger partial charge in [-0.25, -0.2) is 0 Å². The fourth-order valence-corrected chi connectivity index (χ4v) is 4.30. The van der Waals surface area contributed by atoms with E-state index < -0.39 is 0 Å². The molecule has 1 atom stereocenters. The fourth-order valence-electron chi connectivity index (χ4n) is 2.78. The highest BCUT2D eigenvalue weighted by atomic mass is 79.9. The number of benzene rings is 2. The Balaban J connectivity index is 1.84. The number of amides is 2. The number of methoxy groups -OCH3 is 1. The summed E-state index contributed by atoms with van der Waals surface area (Å²) in [5.41, 5.74) is 1.56. The van der Waals surface area contributed by atoms with Crippen LogP contribution in [0.3, 0.4) is 0 Å². The van der Waals surface area contributed by atoms with Gasteiger partial charge < -0.3 is 9.47 Å². The third kappa shape index (κ3) is 5.20. The molecule has 0 aromatic heterocycles. The zero-order valence-corrected chi connectivity index (χ0v) is 19.9. The van der Waals surface area contributed by atoms with Crippen molar-refractivity contribution in [1.29, 1.82) is 0 Å². The zero-order valence-electron chi connectivity index (χ0n) is 16.8. The molecule has 30 heavy (non-hydrogen) atoms. The minimum atomic E-state index is -0.324. The van der Waals surface area contributed by atoms with Crippen LogP contribution in [0.4, 0.5) is 4.79 Å². The summed E-state index contributed by atoms with van der Waals surface area (Å²) in [6.07, 6.45) is 2.58. The van der Waals surface area contributed by atoms with Crippen molar-refractivity contribution in [2.45, 2.75) is 32.9 Å². The summed E-state index contributed by atoms with van der Waals surface area (Å²) in [6, 6.07) is 10.7. The first-order chi connectivity index (χ1) is 14.3. The molecule has 2 aromatic carbocycles. The first-order valence-electron chi connectivity index (χ1n) is 9.36. The van der Waals surface area contributed by atoms with Crippen LogP contribution in [0.5, 0.6) is 11.5 Å². The first-order valence-corrected chi connectivity index (χ1v) is 11.3. The maximum Gasteiger partial charge on any atom is 0.293 e. The highest BCUT2D eigenvalue weighted by molar-refractivity contribution is 9.10. The molecular formula is C22H21BrClNO4S.